The van der Waals surface area contributed by atoms with Gasteiger partial charge in [0.2, 0.25) is 0 Å². The lowest BCUT2D eigenvalue weighted by molar-refractivity contribution is -0.142. The van der Waals surface area contributed by atoms with Crippen LogP contribution in [0.1, 0.15) is 57.4 Å². The van der Waals surface area contributed by atoms with E-state index in [1.807, 2.05) is 25.1 Å². The number of aliphatic hydroxyl groups excluding tert-OH is 1. The number of carbonyl (C=O) groups is 1. The Labute approximate surface area is 178 Å². The van der Waals surface area contributed by atoms with E-state index in [2.05, 4.69) is 17.3 Å². The van der Waals surface area contributed by atoms with Crippen LogP contribution in [-0.4, -0.2) is 57.1 Å². The van der Waals surface area contributed by atoms with Gasteiger partial charge in [-0.15, -0.1) is 0 Å². The van der Waals surface area contributed by atoms with Crippen molar-refractivity contribution in [1.82, 2.24) is 0 Å². The maximum atomic E-state index is 10.8. The highest BCUT2D eigenvalue weighted by atomic mass is 16.5. The molecule has 4 atom stereocenters. The molecule has 7 nitrogen and oxygen atoms in total. The van der Waals surface area contributed by atoms with E-state index in [-0.39, 0.29) is 18.4 Å². The zero-order valence-electron chi connectivity index (χ0n) is 17.7. The number of aliphatic carboxylic acids is 1. The quantitative estimate of drug-likeness (QED) is 0.220. The molecular formula is C23H35NO6. The van der Waals surface area contributed by atoms with E-state index in [0.29, 0.717) is 44.4 Å². The molecule has 0 aliphatic heterocycles. The van der Waals surface area contributed by atoms with Crippen molar-refractivity contribution in [3.63, 3.8) is 0 Å². The molecule has 4 N–H and O–H groups in total. The summed E-state index contributed by atoms with van der Waals surface area (Å²) in [6, 6.07) is 10.1. The van der Waals surface area contributed by atoms with E-state index in [4.69, 9.17) is 9.84 Å². The Morgan fingerprint density at radius 2 is 1.93 bits per heavy atom. The molecule has 2 rings (SSSR count). The summed E-state index contributed by atoms with van der Waals surface area (Å²) in [6.45, 7) is 1.91. The molecular weight excluding hydrogens is 386 g/mol. The number of nitrogens with zero attached hydrogens (tertiary/aromatic N) is 1. The van der Waals surface area contributed by atoms with Crippen LogP contribution in [0.25, 0.3) is 0 Å². The second-order valence-electron chi connectivity index (χ2n) is 8.60. The molecule has 168 valence electrons. The van der Waals surface area contributed by atoms with Crippen LogP contribution < -0.4 is 0 Å². The Morgan fingerprint density at radius 1 is 1.20 bits per heavy atom. The number of hydrogen-bond acceptors (Lipinski definition) is 6. The Balaban J connectivity index is 1.82. The molecule has 0 saturated heterocycles. The highest BCUT2D eigenvalue weighted by Gasteiger charge is 2.40. The summed E-state index contributed by atoms with van der Waals surface area (Å²) in [6.07, 6.45) is 4.69. The predicted molar refractivity (Wildman–Crippen MR) is 114 cm³/mol. The van der Waals surface area contributed by atoms with E-state index in [1.165, 1.54) is 5.56 Å². The highest BCUT2D eigenvalue weighted by molar-refractivity contribution is 5.89. The van der Waals surface area contributed by atoms with Crippen molar-refractivity contribution < 1.29 is 30.1 Å². The molecule has 1 unspecified atom stereocenters. The van der Waals surface area contributed by atoms with Crippen molar-refractivity contribution >= 4 is 11.7 Å². The Kier molecular flexibility index (Phi) is 9.75. The topological polar surface area (TPSA) is 120 Å². The number of aryl methyl sites for hydroxylation is 1. The highest BCUT2D eigenvalue weighted by Crippen LogP contribution is 2.38. The normalized spacial score (nSPS) is 24.8. The van der Waals surface area contributed by atoms with Gasteiger partial charge in [-0.05, 0) is 56.9 Å². The van der Waals surface area contributed by atoms with Gasteiger partial charge in [0.1, 0.15) is 6.61 Å². The Morgan fingerprint density at radius 3 is 2.60 bits per heavy atom. The van der Waals surface area contributed by atoms with Gasteiger partial charge in [0, 0.05) is 18.9 Å². The minimum atomic E-state index is -0.982. The van der Waals surface area contributed by atoms with Crippen LogP contribution in [0.3, 0.4) is 0 Å². The van der Waals surface area contributed by atoms with Crippen molar-refractivity contribution in [3.05, 3.63) is 35.9 Å². The summed E-state index contributed by atoms with van der Waals surface area (Å²) in [4.78, 5) is 10.5. The van der Waals surface area contributed by atoms with E-state index in [1.54, 1.807) is 0 Å². The van der Waals surface area contributed by atoms with Gasteiger partial charge < -0.3 is 25.3 Å². The van der Waals surface area contributed by atoms with E-state index in [0.717, 1.165) is 19.3 Å². The molecule has 1 aromatic carbocycles. The second kappa shape index (κ2) is 12.0. The summed E-state index contributed by atoms with van der Waals surface area (Å²) < 4.78 is 5.05. The molecule has 1 aromatic rings. The molecule has 1 saturated carbocycles. The lowest BCUT2D eigenvalue weighted by Crippen LogP contribution is -2.28. The van der Waals surface area contributed by atoms with Crippen LogP contribution in [0.15, 0.2) is 35.5 Å². The van der Waals surface area contributed by atoms with Gasteiger partial charge >= 0.3 is 5.97 Å². The number of carboxylic acids is 1. The second-order valence-corrected chi connectivity index (χ2v) is 8.60. The molecule has 1 aliphatic rings. The number of aliphatic hydroxyl groups is 2. The van der Waals surface area contributed by atoms with Crippen molar-refractivity contribution in [2.75, 3.05) is 13.2 Å². The van der Waals surface area contributed by atoms with Crippen molar-refractivity contribution in [2.45, 2.75) is 70.0 Å². The lowest BCUT2D eigenvalue weighted by Gasteiger charge is -2.28. The zero-order valence-corrected chi connectivity index (χ0v) is 17.7. The number of unbranched alkanes of at least 4 members (excludes halogenated alkanes) is 1. The predicted octanol–water partition coefficient (Wildman–Crippen LogP) is 3.25. The van der Waals surface area contributed by atoms with Gasteiger partial charge in [-0.1, -0.05) is 41.9 Å². The van der Waals surface area contributed by atoms with Gasteiger partial charge in [-0.2, -0.15) is 0 Å². The third kappa shape index (κ3) is 8.05. The van der Waals surface area contributed by atoms with Crippen LogP contribution in [0.2, 0.25) is 0 Å². The molecule has 0 amide bonds. The minimum absolute atomic E-state index is 0.0275. The number of benzene rings is 1. The first-order valence-corrected chi connectivity index (χ1v) is 10.8. The summed E-state index contributed by atoms with van der Waals surface area (Å²) in [5.41, 5.74) is 0.960. The minimum Gasteiger partial charge on any atom is -0.480 e. The average molecular weight is 422 g/mol. The molecule has 1 fully saturated rings. The Hall–Kier alpha value is -1.96. The first-order valence-electron chi connectivity index (χ1n) is 10.8. The number of rotatable bonds is 13. The zero-order chi connectivity index (χ0) is 22.0. The van der Waals surface area contributed by atoms with Gasteiger partial charge in [-0.25, -0.2) is 4.79 Å². The molecule has 0 spiro atoms. The lowest BCUT2D eigenvalue weighted by atomic mass is 9.82. The van der Waals surface area contributed by atoms with Crippen molar-refractivity contribution in [3.8, 4) is 0 Å². The fourth-order valence-electron chi connectivity index (χ4n) is 4.31. The number of ether oxygens (including phenoxy) is 1. The molecule has 1 aliphatic carbocycles. The first-order chi connectivity index (χ1) is 14.3. The molecule has 0 heterocycles. The fraction of sp³-hybridized carbons (Fsp3) is 0.652. The first kappa shape index (κ1) is 24.3. The van der Waals surface area contributed by atoms with Gasteiger partial charge in [0.05, 0.1) is 17.4 Å². The Bertz CT molecular complexity index is 676. The van der Waals surface area contributed by atoms with Gasteiger partial charge in [0.25, 0.3) is 0 Å². The van der Waals surface area contributed by atoms with Gasteiger partial charge in [0.15, 0.2) is 0 Å². The maximum Gasteiger partial charge on any atom is 0.329 e. The maximum absolute atomic E-state index is 10.8. The standard InChI is InChI=1S/C23H35NO6/c1-23(28,12-10-17-7-3-2-4-8-17)13-11-18-19(21(25)15-20(18)24-29)9-5-6-14-30-16-22(26)27/h2-4,7-8,18-19,21,25,28-29H,5-6,9-16H2,1H3,(H,26,27)/b24-20-/t18-,19-,21+,23?/m1/s1. The van der Waals surface area contributed by atoms with Crippen LogP contribution in [0.4, 0.5) is 0 Å². The summed E-state index contributed by atoms with van der Waals surface area (Å²) in [5.74, 6) is -1.07. The SMILES string of the molecule is CC(O)(CCc1ccccc1)CC[C@H]1/C(=N\O)C[C@H](O)[C@@H]1CCCCOCC(=O)O. The van der Waals surface area contributed by atoms with E-state index in [9.17, 15) is 20.2 Å². The van der Waals surface area contributed by atoms with E-state index < -0.39 is 17.7 Å². The average Bonchev–Trinajstić information content (AvgIpc) is 3.03. The smallest absolute Gasteiger partial charge is 0.329 e. The van der Waals surface area contributed by atoms with Crippen molar-refractivity contribution in [1.29, 1.82) is 0 Å². The summed E-state index contributed by atoms with van der Waals surface area (Å²) in [7, 11) is 0. The van der Waals surface area contributed by atoms with Crippen molar-refractivity contribution in [2.24, 2.45) is 17.0 Å². The third-order valence-corrected chi connectivity index (χ3v) is 6.08. The summed E-state index contributed by atoms with van der Waals surface area (Å²) in [5, 5.41) is 42.7. The van der Waals surface area contributed by atoms with Crippen LogP contribution in [0.5, 0.6) is 0 Å². The number of hydrogen-bond donors (Lipinski definition) is 4. The van der Waals surface area contributed by atoms with E-state index >= 15 is 0 Å². The van der Waals surface area contributed by atoms with Crippen LogP contribution in [-0.2, 0) is 16.0 Å². The fourth-order valence-corrected chi connectivity index (χ4v) is 4.31. The molecule has 0 radical (unpaired) electrons. The molecule has 0 bridgehead atoms. The molecule has 0 aromatic heterocycles. The monoisotopic (exact) mass is 421 g/mol. The largest absolute Gasteiger partial charge is 0.480 e. The number of carboxylic acid groups (broad SMARTS) is 1. The van der Waals surface area contributed by atoms with Crippen LogP contribution >= 0.6 is 0 Å². The molecule has 7 heteroatoms. The molecule has 30 heavy (non-hydrogen) atoms. The van der Waals surface area contributed by atoms with Crippen LogP contribution in [0, 0.1) is 11.8 Å². The third-order valence-electron chi connectivity index (χ3n) is 6.08. The van der Waals surface area contributed by atoms with Gasteiger partial charge in [-0.3, -0.25) is 0 Å². The number of oxime groups is 1. The summed E-state index contributed by atoms with van der Waals surface area (Å²) >= 11 is 0.